The van der Waals surface area contributed by atoms with Crippen LogP contribution in [0.1, 0.15) is 0 Å². The maximum atomic E-state index is 2.40. The molecule has 1 aromatic carbocycles. The topological polar surface area (TPSA) is 0 Å². The number of benzene rings is 1. The molecule has 0 spiro atoms. The van der Waals surface area contributed by atoms with E-state index in [9.17, 15) is 0 Å². The molecule has 0 N–H and O–H groups in total. The summed E-state index contributed by atoms with van der Waals surface area (Å²) in [5.74, 6) is 0. The van der Waals surface area contributed by atoms with E-state index in [0.717, 1.165) is 0 Å². The first-order valence-corrected chi connectivity index (χ1v) is 14.8. The zero-order valence-electron chi connectivity index (χ0n) is 9.39. The molecule has 0 fully saturated rings. The number of hydrogen-bond donors (Lipinski definition) is 0. The summed E-state index contributed by atoms with van der Waals surface area (Å²) in [7, 11) is 0.120. The molecular weight excluding hydrogens is 279 g/mol. The first kappa shape index (κ1) is 13.2. The van der Waals surface area contributed by atoms with Gasteiger partial charge in [0.05, 0.1) is 0 Å². The average molecular weight is 299 g/mol. The van der Waals surface area contributed by atoms with Crippen molar-refractivity contribution in [1.82, 2.24) is 0 Å². The summed E-state index contributed by atoms with van der Waals surface area (Å²) < 4.78 is 1.61. The third-order valence-corrected chi connectivity index (χ3v) is 5.60. The van der Waals surface area contributed by atoms with Crippen molar-refractivity contribution in [3.63, 3.8) is 0 Å². The normalized spacial score (nSPS) is 9.08. The molecule has 0 unspecified atom stereocenters. The molecule has 0 amide bonds. The summed E-state index contributed by atoms with van der Waals surface area (Å²) in [6.07, 6.45) is 0. The molecule has 0 aliphatic heterocycles. The summed E-state index contributed by atoms with van der Waals surface area (Å²) in [5.41, 5.74) is 0. The zero-order chi connectivity index (χ0) is 10.3. The molecule has 0 heterocycles. The van der Waals surface area contributed by atoms with Crippen LogP contribution in [0.5, 0.6) is 0 Å². The summed E-state index contributed by atoms with van der Waals surface area (Å²) in [6, 6.07) is 10.8. The number of rotatable bonds is 1. The predicted molar refractivity (Wildman–Crippen MR) is 66.9 cm³/mol. The van der Waals surface area contributed by atoms with E-state index < -0.39 is 19.8 Å². The van der Waals surface area contributed by atoms with Gasteiger partial charge in [0.1, 0.15) is 0 Å². The minimum absolute atomic E-state index is 0.120. The van der Waals surface area contributed by atoms with E-state index in [1.807, 2.05) is 0 Å². The minimum atomic E-state index is -1.02. The van der Waals surface area contributed by atoms with Gasteiger partial charge in [-0.1, -0.05) is 0 Å². The molecule has 13 heavy (non-hydrogen) atoms. The van der Waals surface area contributed by atoms with E-state index in [0.29, 0.717) is 0 Å². The average Bonchev–Trinajstić information content (AvgIpc) is 2.05. The van der Waals surface area contributed by atoms with Gasteiger partial charge < -0.3 is 0 Å². The first-order valence-electron chi connectivity index (χ1n) is 4.66. The van der Waals surface area contributed by atoms with Crippen molar-refractivity contribution in [2.45, 2.75) is 29.5 Å². The Hall–Kier alpha value is 0.236. The second kappa shape index (κ2) is 7.62. The Labute approximate surface area is 91.7 Å². The van der Waals surface area contributed by atoms with Crippen LogP contribution < -0.4 is 3.58 Å². The Balaban J connectivity index is 0.000000310. The fourth-order valence-electron chi connectivity index (χ4n) is 0.771. The SMILES string of the molecule is C[Si-](C)C.[CH3][Sn+]([CH3])[c]1ccccc1. The Bertz CT molecular complexity index is 204. The van der Waals surface area contributed by atoms with Crippen LogP contribution in [0.2, 0.25) is 29.5 Å². The third kappa shape index (κ3) is 8.56. The second-order valence-corrected chi connectivity index (χ2v) is 14.2. The van der Waals surface area contributed by atoms with Crippen molar-refractivity contribution < 1.29 is 0 Å². The predicted octanol–water partition coefficient (Wildman–Crippen LogP) is 3.02. The molecule has 1 aromatic rings. The third-order valence-electron chi connectivity index (χ3n) is 1.35. The van der Waals surface area contributed by atoms with Crippen LogP contribution in [0.15, 0.2) is 30.3 Å². The Morgan fingerprint density at radius 1 is 0.923 bits per heavy atom. The summed E-state index contributed by atoms with van der Waals surface area (Å²) in [4.78, 5) is 4.80. The molecule has 0 aliphatic carbocycles. The molecule has 2 heteroatoms. The Morgan fingerprint density at radius 2 is 1.31 bits per heavy atom. The molecule has 0 nitrogen and oxygen atoms in total. The van der Waals surface area contributed by atoms with Crippen LogP contribution in [0, 0.1) is 0 Å². The molecule has 0 bridgehead atoms. The Kier molecular flexibility index (Phi) is 7.76. The molecular formula is C11H20SiSn. The second-order valence-electron chi connectivity index (χ2n) is 3.87. The van der Waals surface area contributed by atoms with Crippen molar-refractivity contribution >= 4 is 32.1 Å². The van der Waals surface area contributed by atoms with Gasteiger partial charge >= 0.3 is 63.6 Å². The van der Waals surface area contributed by atoms with Gasteiger partial charge in [-0.05, 0) is 0 Å². The van der Waals surface area contributed by atoms with Crippen LogP contribution in [0.4, 0.5) is 0 Å². The van der Waals surface area contributed by atoms with E-state index in [2.05, 4.69) is 59.9 Å². The zero-order valence-corrected chi connectivity index (χ0v) is 13.2. The van der Waals surface area contributed by atoms with Crippen LogP contribution >= 0.6 is 0 Å². The molecule has 0 aromatic heterocycles. The van der Waals surface area contributed by atoms with Gasteiger partial charge in [-0.15, -0.1) is 0 Å². The van der Waals surface area contributed by atoms with Gasteiger partial charge in [-0.2, -0.15) is 19.6 Å². The molecule has 0 saturated heterocycles. The van der Waals surface area contributed by atoms with Crippen LogP contribution in [-0.4, -0.2) is 28.6 Å². The molecule has 1 rings (SSSR count). The number of hydrogen-bond acceptors (Lipinski definition) is 0. The van der Waals surface area contributed by atoms with Gasteiger partial charge in [-0.25, -0.2) is 0 Å². The van der Waals surface area contributed by atoms with Crippen LogP contribution in [-0.2, 0) is 0 Å². The summed E-state index contributed by atoms with van der Waals surface area (Å²) >= 11 is -1.02. The van der Waals surface area contributed by atoms with Crippen molar-refractivity contribution in [3.8, 4) is 0 Å². The molecule has 0 atom stereocenters. The molecule has 72 valence electrons. The molecule has 0 radical (unpaired) electrons. The fourth-order valence-corrected chi connectivity index (χ4v) is 3.22. The van der Waals surface area contributed by atoms with Crippen molar-refractivity contribution in [1.29, 1.82) is 0 Å². The standard InChI is InChI=1S/C6H5.C3H9Si.2CH3.Sn/c1-2-4-6-5-3-1;1-4(2)3;;;/h1-5H;1-3H3;2*1H3;/q;-1;;;+1. The van der Waals surface area contributed by atoms with E-state index in [-0.39, 0.29) is 8.80 Å². The van der Waals surface area contributed by atoms with Crippen molar-refractivity contribution in [2.75, 3.05) is 0 Å². The monoisotopic (exact) mass is 300 g/mol. The van der Waals surface area contributed by atoms with E-state index in [1.165, 1.54) is 0 Å². The molecule has 0 aliphatic rings. The Morgan fingerprint density at radius 3 is 1.54 bits per heavy atom. The summed E-state index contributed by atoms with van der Waals surface area (Å²) in [5, 5.41) is 0. The fraction of sp³-hybridized carbons (Fsp3) is 0.455. The van der Waals surface area contributed by atoms with E-state index in [4.69, 9.17) is 0 Å². The van der Waals surface area contributed by atoms with E-state index >= 15 is 0 Å². The maximum absolute atomic E-state index is 2.40. The van der Waals surface area contributed by atoms with Crippen molar-refractivity contribution in [3.05, 3.63) is 30.3 Å². The van der Waals surface area contributed by atoms with Crippen LogP contribution in [0.3, 0.4) is 0 Å². The molecule has 0 saturated carbocycles. The first-order chi connectivity index (χ1) is 6.04. The van der Waals surface area contributed by atoms with E-state index in [1.54, 1.807) is 3.58 Å². The van der Waals surface area contributed by atoms with Gasteiger partial charge in [0.15, 0.2) is 0 Å². The van der Waals surface area contributed by atoms with Gasteiger partial charge in [0.2, 0.25) is 0 Å². The quantitative estimate of drug-likeness (QED) is 0.699. The van der Waals surface area contributed by atoms with Crippen molar-refractivity contribution in [2.24, 2.45) is 0 Å². The van der Waals surface area contributed by atoms with Gasteiger partial charge in [0.25, 0.3) is 0 Å². The van der Waals surface area contributed by atoms with Gasteiger partial charge in [-0.3, -0.25) is 8.80 Å². The summed E-state index contributed by atoms with van der Waals surface area (Å²) in [6.45, 7) is 6.81. The van der Waals surface area contributed by atoms with Gasteiger partial charge in [0, 0.05) is 0 Å². The van der Waals surface area contributed by atoms with Crippen LogP contribution in [0.25, 0.3) is 0 Å².